The smallest absolute Gasteiger partial charge is 0.153 e. The van der Waals surface area contributed by atoms with Crippen LogP contribution in [0.2, 0.25) is 0 Å². The third-order valence-corrected chi connectivity index (χ3v) is 6.02. The quantitative estimate of drug-likeness (QED) is 0.304. The lowest BCUT2D eigenvalue weighted by molar-refractivity contribution is 0.579. The third-order valence-electron chi connectivity index (χ3n) is 4.85. The lowest BCUT2D eigenvalue weighted by Crippen LogP contribution is -1.86. The second kappa shape index (κ2) is 4.37. The van der Waals surface area contributed by atoms with Gasteiger partial charge in [0.15, 0.2) is 5.42 Å². The maximum Gasteiger partial charge on any atom is 0.153 e. The van der Waals surface area contributed by atoms with Crippen molar-refractivity contribution in [1.29, 1.82) is 0 Å². The average molecular weight is 324 g/mol. The second-order valence-corrected chi connectivity index (χ2v) is 7.23. The van der Waals surface area contributed by atoms with Crippen LogP contribution >= 0.6 is 11.3 Å². The van der Waals surface area contributed by atoms with E-state index in [0.717, 1.165) is 11.0 Å². The molecule has 0 bridgehead atoms. The van der Waals surface area contributed by atoms with Gasteiger partial charge in [0.25, 0.3) is 0 Å². The van der Waals surface area contributed by atoms with Gasteiger partial charge >= 0.3 is 0 Å². The first-order valence-corrected chi connectivity index (χ1v) is 8.86. The van der Waals surface area contributed by atoms with E-state index in [2.05, 4.69) is 72.8 Å². The Balaban J connectivity index is 2.08. The molecule has 0 N–H and O–H groups in total. The minimum Gasteiger partial charge on any atom is -0.455 e. The molecule has 0 fully saturated rings. The molecule has 112 valence electrons. The van der Waals surface area contributed by atoms with E-state index in [1.54, 1.807) is 0 Å². The molecular weight excluding hydrogens is 312 g/mol. The zero-order valence-electron chi connectivity index (χ0n) is 12.7. The van der Waals surface area contributed by atoms with Gasteiger partial charge in [0.1, 0.15) is 5.58 Å². The van der Waals surface area contributed by atoms with E-state index < -0.39 is 0 Å². The third kappa shape index (κ3) is 1.49. The van der Waals surface area contributed by atoms with Gasteiger partial charge in [-0.25, -0.2) is 0 Å². The van der Waals surface area contributed by atoms with E-state index in [-0.39, 0.29) is 0 Å². The van der Waals surface area contributed by atoms with Crippen LogP contribution in [-0.4, -0.2) is 0 Å². The van der Waals surface area contributed by atoms with E-state index in [9.17, 15) is 0 Å². The van der Waals surface area contributed by atoms with Gasteiger partial charge in [-0.05, 0) is 22.9 Å². The van der Waals surface area contributed by atoms with Gasteiger partial charge in [0.05, 0.1) is 4.53 Å². The summed E-state index contributed by atoms with van der Waals surface area (Å²) in [6.07, 6.45) is 0. The van der Waals surface area contributed by atoms with E-state index >= 15 is 0 Å². The summed E-state index contributed by atoms with van der Waals surface area (Å²) in [4.78, 5) is 0. The lowest BCUT2D eigenvalue weighted by Gasteiger charge is -2.10. The molecule has 2 aliphatic heterocycles. The van der Waals surface area contributed by atoms with Crippen molar-refractivity contribution in [2.45, 2.75) is 0 Å². The summed E-state index contributed by atoms with van der Waals surface area (Å²) < 4.78 is 8.95. The first-order chi connectivity index (χ1) is 11.9. The molecule has 0 aliphatic carbocycles. The molecule has 1 nitrogen and oxygen atoms in total. The molecule has 0 saturated heterocycles. The number of fused-ring (bicyclic) bond motifs is 2. The summed E-state index contributed by atoms with van der Waals surface area (Å²) in [5.41, 5.74) is 1.95. The second-order valence-electron chi connectivity index (χ2n) is 6.18. The molecule has 0 aromatic heterocycles. The fourth-order valence-corrected chi connectivity index (χ4v) is 5.05. The number of benzene rings is 4. The van der Waals surface area contributed by atoms with Crippen LogP contribution in [0.15, 0.2) is 77.2 Å². The van der Waals surface area contributed by atoms with Crippen LogP contribution in [0.4, 0.5) is 0 Å². The molecule has 6 rings (SSSR count). The largest absolute Gasteiger partial charge is 0.455 e. The molecule has 4 aromatic carbocycles. The Kier molecular flexibility index (Phi) is 2.29. The number of rotatable bonds is 0. The van der Waals surface area contributed by atoms with Crippen molar-refractivity contribution in [3.05, 3.63) is 82.7 Å². The summed E-state index contributed by atoms with van der Waals surface area (Å²) in [6.45, 7) is 0. The zero-order chi connectivity index (χ0) is 15.7. The SMILES string of the molecule is c1cc2cccc3c4sc5cccc6cccc(c=4oc(c1)c23)c65. The Bertz CT molecular complexity index is 1330. The normalized spacial score (nSPS) is 12.2. The molecule has 2 heteroatoms. The number of hydrogen-bond donors (Lipinski definition) is 0. The summed E-state index contributed by atoms with van der Waals surface area (Å²) in [7, 11) is 0. The first-order valence-electron chi connectivity index (χ1n) is 8.04. The van der Waals surface area contributed by atoms with E-state index in [0.29, 0.717) is 0 Å². The predicted octanol–water partition coefficient (Wildman–Crippen LogP) is 6.68. The summed E-state index contributed by atoms with van der Waals surface area (Å²) in [6, 6.07) is 25.8. The molecule has 4 aromatic rings. The van der Waals surface area contributed by atoms with Gasteiger partial charge in [-0.15, -0.1) is 11.3 Å². The summed E-state index contributed by atoms with van der Waals surface area (Å²) >= 11 is 1.82. The van der Waals surface area contributed by atoms with Crippen molar-refractivity contribution < 1.29 is 4.42 Å². The highest BCUT2D eigenvalue weighted by Crippen LogP contribution is 2.36. The van der Waals surface area contributed by atoms with Gasteiger partial charge < -0.3 is 4.42 Å². The lowest BCUT2D eigenvalue weighted by atomic mass is 10.0. The molecule has 24 heavy (non-hydrogen) atoms. The van der Waals surface area contributed by atoms with Crippen LogP contribution in [0.3, 0.4) is 0 Å². The number of hydrogen-bond acceptors (Lipinski definition) is 2. The van der Waals surface area contributed by atoms with Gasteiger partial charge in [-0.2, -0.15) is 0 Å². The standard InChI is InChI=1S/C22H12OS/c1-6-14-8-4-12-18-20(14)15(9-1)21-22(24-18)16-10-2-5-13-7-3-11-17(23-21)19(13)16/h1-12H. The Labute approximate surface area is 141 Å². The first kappa shape index (κ1) is 12.6. The minimum atomic E-state index is 0.957. The van der Waals surface area contributed by atoms with E-state index in [4.69, 9.17) is 4.42 Å². The molecule has 2 aliphatic rings. The van der Waals surface area contributed by atoms with Crippen LogP contribution in [-0.2, 0) is 0 Å². The highest BCUT2D eigenvalue weighted by Gasteiger charge is 2.12. The van der Waals surface area contributed by atoms with Crippen LogP contribution in [0.1, 0.15) is 0 Å². The molecule has 2 heterocycles. The summed E-state index contributed by atoms with van der Waals surface area (Å²) in [5.74, 6) is 0. The maximum atomic E-state index is 6.41. The van der Waals surface area contributed by atoms with Crippen LogP contribution in [0.5, 0.6) is 0 Å². The van der Waals surface area contributed by atoms with Gasteiger partial charge in [0.2, 0.25) is 0 Å². The minimum absolute atomic E-state index is 0.957. The highest BCUT2D eigenvalue weighted by molar-refractivity contribution is 7.17. The Morgan fingerprint density at radius 1 is 0.625 bits per heavy atom. The molecule has 0 amide bonds. The molecule has 0 atom stereocenters. The van der Waals surface area contributed by atoms with E-state index in [1.165, 1.54) is 41.5 Å². The molecular formula is C22H12OS. The Hall–Kier alpha value is -2.84. The monoisotopic (exact) mass is 324 g/mol. The van der Waals surface area contributed by atoms with Crippen LogP contribution in [0, 0.1) is 9.95 Å². The molecule has 0 unspecified atom stereocenters. The maximum absolute atomic E-state index is 6.41. The average Bonchev–Trinajstić information content (AvgIpc) is 2.64. The Morgan fingerprint density at radius 3 is 2.12 bits per heavy atom. The van der Waals surface area contributed by atoms with Crippen LogP contribution in [0.25, 0.3) is 42.6 Å². The Morgan fingerprint density at radius 2 is 1.29 bits per heavy atom. The van der Waals surface area contributed by atoms with E-state index in [1.807, 2.05) is 11.3 Å². The van der Waals surface area contributed by atoms with Crippen molar-refractivity contribution in [2.75, 3.05) is 0 Å². The van der Waals surface area contributed by atoms with Crippen molar-refractivity contribution >= 4 is 53.9 Å². The zero-order valence-corrected chi connectivity index (χ0v) is 13.6. The van der Waals surface area contributed by atoms with Crippen molar-refractivity contribution in [1.82, 2.24) is 0 Å². The highest BCUT2D eigenvalue weighted by atomic mass is 32.1. The van der Waals surface area contributed by atoms with Gasteiger partial charge in [0, 0.05) is 26.2 Å². The van der Waals surface area contributed by atoms with Crippen molar-refractivity contribution in [3.63, 3.8) is 0 Å². The van der Waals surface area contributed by atoms with Crippen LogP contribution < -0.4 is 0 Å². The topological polar surface area (TPSA) is 13.1 Å². The predicted molar refractivity (Wildman–Crippen MR) is 102 cm³/mol. The molecule has 0 radical (unpaired) electrons. The van der Waals surface area contributed by atoms with Crippen molar-refractivity contribution in [2.24, 2.45) is 0 Å². The molecule has 0 spiro atoms. The van der Waals surface area contributed by atoms with Crippen molar-refractivity contribution in [3.8, 4) is 0 Å². The molecule has 0 saturated carbocycles. The fraction of sp³-hybridized carbons (Fsp3) is 0. The van der Waals surface area contributed by atoms with Gasteiger partial charge in [-0.1, -0.05) is 60.7 Å². The fourth-order valence-electron chi connectivity index (χ4n) is 3.83. The van der Waals surface area contributed by atoms with Gasteiger partial charge in [-0.3, -0.25) is 0 Å². The summed E-state index contributed by atoms with van der Waals surface area (Å²) in [5, 5.41) is 7.50.